The topological polar surface area (TPSA) is 50.9 Å². The van der Waals surface area contributed by atoms with Crippen molar-refractivity contribution in [3.05, 3.63) is 192 Å². The number of aromatic hydroxyl groups is 1. The maximum Gasteiger partial charge on any atom is 0.149 e. The SMILES string of the molecule is [2H]C([2H])([2H])c1cc(-c2cc(C(C)(C)C)cc(C(C)(C)C)c2)ccc1-n1c(-c2cc(C)cc(C)c2O)nc2c(-c3cc(-c4ccccc4)cc(-c4cc(-c5ccccc5)ccn4)c3)cccc21. The van der Waals surface area contributed by atoms with Gasteiger partial charge in [0.1, 0.15) is 11.6 Å². The molecule has 0 saturated carbocycles. The van der Waals surface area contributed by atoms with E-state index < -0.39 is 6.85 Å². The van der Waals surface area contributed by atoms with Crippen LogP contribution in [0.2, 0.25) is 0 Å². The molecule has 0 atom stereocenters. The van der Waals surface area contributed by atoms with Gasteiger partial charge in [0, 0.05) is 21.4 Å². The van der Waals surface area contributed by atoms with Crippen molar-refractivity contribution < 1.29 is 9.22 Å². The molecule has 7 aromatic carbocycles. The Kier molecular flexibility index (Phi) is 9.58. The van der Waals surface area contributed by atoms with Crippen LogP contribution in [0.15, 0.2) is 164 Å². The molecule has 2 aromatic heterocycles. The molecular weight excluding hydrogens is 767 g/mol. The van der Waals surface area contributed by atoms with Crippen LogP contribution in [0.4, 0.5) is 0 Å². The van der Waals surface area contributed by atoms with E-state index in [1.54, 1.807) is 0 Å². The fraction of sp³-hybridized carbons (Fsp3) is 0.186. The predicted molar refractivity (Wildman–Crippen MR) is 265 cm³/mol. The van der Waals surface area contributed by atoms with Crippen molar-refractivity contribution in [2.75, 3.05) is 0 Å². The van der Waals surface area contributed by atoms with Gasteiger partial charge in [-0.05, 0) is 153 Å². The van der Waals surface area contributed by atoms with Gasteiger partial charge in [0.05, 0.1) is 28.0 Å². The third-order valence-corrected chi connectivity index (χ3v) is 12.1. The highest BCUT2D eigenvalue weighted by Gasteiger charge is 2.24. The summed E-state index contributed by atoms with van der Waals surface area (Å²) in [5.41, 5.74) is 15.9. The van der Waals surface area contributed by atoms with E-state index in [0.717, 1.165) is 61.3 Å². The number of phenols is 1. The molecule has 0 unspecified atom stereocenters. The monoisotopic (exact) mass is 824 g/mol. The number of aromatic nitrogens is 3. The van der Waals surface area contributed by atoms with Crippen LogP contribution in [-0.4, -0.2) is 19.6 Å². The van der Waals surface area contributed by atoms with E-state index in [1.165, 1.54) is 11.1 Å². The van der Waals surface area contributed by atoms with E-state index in [9.17, 15) is 5.11 Å². The van der Waals surface area contributed by atoms with E-state index in [0.29, 0.717) is 33.7 Å². The molecule has 0 amide bonds. The summed E-state index contributed by atoms with van der Waals surface area (Å²) in [6, 6.07) is 53.6. The molecule has 63 heavy (non-hydrogen) atoms. The third-order valence-electron chi connectivity index (χ3n) is 12.1. The van der Waals surface area contributed by atoms with Crippen molar-refractivity contribution in [3.8, 4) is 78.6 Å². The number of phenolic OH excluding ortho intramolecular Hbond substituents is 1. The molecule has 0 spiro atoms. The number of imidazole rings is 1. The van der Waals surface area contributed by atoms with Crippen LogP contribution in [0, 0.1) is 20.7 Å². The molecular formula is C59H55N3O. The van der Waals surface area contributed by atoms with Crippen LogP contribution in [-0.2, 0) is 10.8 Å². The molecule has 312 valence electrons. The normalized spacial score (nSPS) is 12.9. The molecule has 9 rings (SSSR count). The maximum absolute atomic E-state index is 11.8. The highest BCUT2D eigenvalue weighted by atomic mass is 16.3. The Bertz CT molecular complexity index is 3250. The summed E-state index contributed by atoms with van der Waals surface area (Å²) in [5, 5.41) is 11.8. The molecule has 9 aromatic rings. The zero-order valence-corrected chi connectivity index (χ0v) is 37.4. The average molecular weight is 825 g/mol. The fourth-order valence-electron chi connectivity index (χ4n) is 8.58. The molecule has 0 aliphatic rings. The summed E-state index contributed by atoms with van der Waals surface area (Å²) in [4.78, 5) is 10.3. The van der Waals surface area contributed by atoms with Gasteiger partial charge < -0.3 is 5.11 Å². The van der Waals surface area contributed by atoms with E-state index in [2.05, 4.69) is 114 Å². The Morgan fingerprint density at radius 1 is 0.508 bits per heavy atom. The summed E-state index contributed by atoms with van der Waals surface area (Å²) >= 11 is 0. The Hall–Kier alpha value is -7.04. The summed E-state index contributed by atoms with van der Waals surface area (Å²) in [5.74, 6) is 0.540. The summed E-state index contributed by atoms with van der Waals surface area (Å²) in [7, 11) is 0. The van der Waals surface area contributed by atoms with Crippen molar-refractivity contribution in [3.63, 3.8) is 0 Å². The van der Waals surface area contributed by atoms with Gasteiger partial charge in [-0.25, -0.2) is 4.98 Å². The Morgan fingerprint density at radius 2 is 1.13 bits per heavy atom. The van der Waals surface area contributed by atoms with Gasteiger partial charge in [-0.1, -0.05) is 145 Å². The van der Waals surface area contributed by atoms with Crippen molar-refractivity contribution in [1.29, 1.82) is 0 Å². The molecule has 4 heteroatoms. The quantitative estimate of drug-likeness (QED) is 0.174. The third kappa shape index (κ3) is 8.10. The minimum atomic E-state index is -2.50. The van der Waals surface area contributed by atoms with Crippen molar-refractivity contribution >= 4 is 11.0 Å². The molecule has 0 fully saturated rings. The van der Waals surface area contributed by atoms with Gasteiger partial charge in [0.25, 0.3) is 0 Å². The van der Waals surface area contributed by atoms with Gasteiger partial charge in [-0.3, -0.25) is 9.55 Å². The summed E-state index contributed by atoms with van der Waals surface area (Å²) < 4.78 is 29.1. The Balaban J connectivity index is 1.31. The van der Waals surface area contributed by atoms with Crippen molar-refractivity contribution in [1.82, 2.24) is 14.5 Å². The standard InChI is InChI=1S/C59H55N3O/c1-37-27-39(3)56(63)51(28-37)57-61-55-50(46-30-44(41-19-14-11-15-20-41)31-47(32-46)52-35-43(25-26-60-52)40-17-12-10-13-18-40)21-16-22-54(55)62(57)53-24-23-42(29-38(53)2)45-33-48(58(4,5)6)36-49(34-45)59(7,8)9/h10-36,63H,1-9H3/i2D3. The largest absolute Gasteiger partial charge is 0.507 e. The first kappa shape index (κ1) is 37.7. The van der Waals surface area contributed by atoms with Crippen LogP contribution >= 0.6 is 0 Å². The molecule has 2 heterocycles. The van der Waals surface area contributed by atoms with E-state index in [-0.39, 0.29) is 22.1 Å². The van der Waals surface area contributed by atoms with E-state index in [1.807, 2.05) is 110 Å². The van der Waals surface area contributed by atoms with E-state index in [4.69, 9.17) is 14.1 Å². The lowest BCUT2D eigenvalue weighted by Crippen LogP contribution is -2.16. The number of pyridine rings is 1. The molecule has 4 nitrogen and oxygen atoms in total. The number of benzene rings is 7. The minimum Gasteiger partial charge on any atom is -0.507 e. The van der Waals surface area contributed by atoms with E-state index >= 15 is 0 Å². The van der Waals surface area contributed by atoms with Crippen LogP contribution in [0.1, 0.15) is 73.5 Å². The molecule has 0 saturated heterocycles. The molecule has 0 radical (unpaired) electrons. The first-order chi connectivity index (χ1) is 31.3. The smallest absolute Gasteiger partial charge is 0.149 e. The summed E-state index contributed by atoms with van der Waals surface area (Å²) in [6.07, 6.45) is 1.86. The highest BCUT2D eigenvalue weighted by Crippen LogP contribution is 2.42. The Morgan fingerprint density at radius 3 is 1.79 bits per heavy atom. The number of nitrogens with zero attached hydrogens (tertiary/aromatic N) is 3. The molecule has 1 N–H and O–H groups in total. The fourth-order valence-corrected chi connectivity index (χ4v) is 8.58. The van der Waals surface area contributed by atoms with Crippen LogP contribution in [0.3, 0.4) is 0 Å². The zero-order chi connectivity index (χ0) is 46.7. The molecule has 0 aliphatic heterocycles. The predicted octanol–water partition coefficient (Wildman–Crippen LogP) is 15.6. The maximum atomic E-state index is 11.8. The number of para-hydroxylation sites is 1. The minimum absolute atomic E-state index is 0.0946. The summed E-state index contributed by atoms with van der Waals surface area (Å²) in [6.45, 7) is 14.6. The van der Waals surface area contributed by atoms with Gasteiger partial charge in [0.15, 0.2) is 0 Å². The first-order valence-corrected chi connectivity index (χ1v) is 21.7. The van der Waals surface area contributed by atoms with Gasteiger partial charge in [0.2, 0.25) is 0 Å². The number of aryl methyl sites for hydroxylation is 3. The number of hydrogen-bond acceptors (Lipinski definition) is 3. The first-order valence-electron chi connectivity index (χ1n) is 23.2. The zero-order valence-electron chi connectivity index (χ0n) is 40.4. The highest BCUT2D eigenvalue weighted by molar-refractivity contribution is 5.98. The second-order valence-corrected chi connectivity index (χ2v) is 18.9. The number of hydrogen-bond donors (Lipinski definition) is 1. The lowest BCUT2D eigenvalue weighted by Gasteiger charge is -2.26. The van der Waals surface area contributed by atoms with Gasteiger partial charge in [-0.2, -0.15) is 0 Å². The van der Waals surface area contributed by atoms with Crippen molar-refractivity contribution in [2.24, 2.45) is 0 Å². The van der Waals surface area contributed by atoms with Crippen LogP contribution in [0.5, 0.6) is 5.75 Å². The number of fused-ring (bicyclic) bond motifs is 1. The molecule has 0 bridgehead atoms. The van der Waals surface area contributed by atoms with Crippen LogP contribution in [0.25, 0.3) is 83.9 Å². The second kappa shape index (κ2) is 16.0. The lowest BCUT2D eigenvalue weighted by atomic mass is 9.79. The average Bonchev–Trinajstić information content (AvgIpc) is 3.69. The Labute approximate surface area is 376 Å². The van der Waals surface area contributed by atoms with Gasteiger partial charge >= 0.3 is 0 Å². The van der Waals surface area contributed by atoms with Crippen LogP contribution < -0.4 is 0 Å². The van der Waals surface area contributed by atoms with Crippen molar-refractivity contribution in [2.45, 2.75) is 73.1 Å². The molecule has 0 aliphatic carbocycles. The lowest BCUT2D eigenvalue weighted by molar-refractivity contribution is 0.472. The van der Waals surface area contributed by atoms with Gasteiger partial charge in [-0.15, -0.1) is 0 Å². The second-order valence-electron chi connectivity index (χ2n) is 18.9. The number of rotatable bonds is 7.